The van der Waals surface area contributed by atoms with Gasteiger partial charge in [0.15, 0.2) is 0 Å². The number of aromatic nitrogens is 4. The number of amides is 1. The van der Waals surface area contributed by atoms with Gasteiger partial charge in [-0.15, -0.1) is 0 Å². The van der Waals surface area contributed by atoms with Crippen LogP contribution in [0.1, 0.15) is 24.2 Å². The molecule has 3 rings (SSSR count). The van der Waals surface area contributed by atoms with Crippen LogP contribution in [0.25, 0.3) is 0 Å². The standard InChI is InChI=1S/C14H17N5O2/c1-10-5-4-7-15-13(10)16-12(20)9-19-14(21)18-8-3-2-6-11(18)17-19/h4-5,7H,2-3,6,8-9H2,1H3,(H,15,16,20). The number of pyridine rings is 1. The molecule has 2 aromatic heterocycles. The van der Waals surface area contributed by atoms with Gasteiger partial charge < -0.3 is 5.32 Å². The maximum atomic E-state index is 12.1. The molecule has 0 aromatic carbocycles. The zero-order valence-electron chi connectivity index (χ0n) is 11.9. The Kier molecular flexibility index (Phi) is 3.55. The van der Waals surface area contributed by atoms with E-state index in [2.05, 4.69) is 15.4 Å². The van der Waals surface area contributed by atoms with Crippen LogP contribution in [0.5, 0.6) is 0 Å². The average molecular weight is 287 g/mol. The van der Waals surface area contributed by atoms with E-state index in [-0.39, 0.29) is 18.1 Å². The van der Waals surface area contributed by atoms with Gasteiger partial charge >= 0.3 is 5.69 Å². The molecule has 0 saturated heterocycles. The second kappa shape index (κ2) is 5.51. The molecule has 0 bridgehead atoms. The second-order valence-electron chi connectivity index (χ2n) is 5.18. The van der Waals surface area contributed by atoms with E-state index in [4.69, 9.17) is 0 Å². The molecule has 21 heavy (non-hydrogen) atoms. The van der Waals surface area contributed by atoms with Crippen LogP contribution in [-0.2, 0) is 24.3 Å². The molecule has 0 unspecified atom stereocenters. The lowest BCUT2D eigenvalue weighted by atomic mass is 10.2. The number of nitrogens with one attached hydrogen (secondary N) is 1. The average Bonchev–Trinajstić information content (AvgIpc) is 2.78. The summed E-state index contributed by atoms with van der Waals surface area (Å²) < 4.78 is 2.89. The van der Waals surface area contributed by atoms with E-state index < -0.39 is 0 Å². The number of rotatable bonds is 3. The molecular formula is C14H17N5O2. The van der Waals surface area contributed by atoms with Crippen molar-refractivity contribution >= 4 is 11.7 Å². The maximum Gasteiger partial charge on any atom is 0.346 e. The Labute approximate surface area is 121 Å². The molecule has 0 radical (unpaired) electrons. The maximum absolute atomic E-state index is 12.1. The summed E-state index contributed by atoms with van der Waals surface area (Å²) in [6.45, 7) is 2.47. The highest BCUT2D eigenvalue weighted by Gasteiger charge is 2.18. The summed E-state index contributed by atoms with van der Waals surface area (Å²) in [6.07, 6.45) is 4.43. The van der Waals surface area contributed by atoms with Crippen molar-refractivity contribution in [2.45, 2.75) is 39.3 Å². The summed E-state index contributed by atoms with van der Waals surface area (Å²) >= 11 is 0. The van der Waals surface area contributed by atoms with E-state index in [1.807, 2.05) is 13.0 Å². The Morgan fingerprint density at radius 3 is 3.05 bits per heavy atom. The third-order valence-corrected chi connectivity index (χ3v) is 3.59. The number of aryl methyl sites for hydroxylation is 2. The number of carbonyl (C=O) groups excluding carboxylic acids is 1. The number of fused-ring (bicyclic) bond motifs is 1. The summed E-state index contributed by atoms with van der Waals surface area (Å²) in [5, 5.41) is 6.95. The highest BCUT2D eigenvalue weighted by Crippen LogP contribution is 2.10. The Balaban J connectivity index is 1.75. The predicted octanol–water partition coefficient (Wildman–Crippen LogP) is 0.723. The second-order valence-corrected chi connectivity index (χ2v) is 5.18. The SMILES string of the molecule is Cc1cccnc1NC(=O)Cn1nc2n(c1=O)CCCC2. The fourth-order valence-corrected chi connectivity index (χ4v) is 2.48. The van der Waals surface area contributed by atoms with Gasteiger partial charge in [-0.2, -0.15) is 5.10 Å². The number of carbonyl (C=O) groups is 1. The molecule has 0 fully saturated rings. The fourth-order valence-electron chi connectivity index (χ4n) is 2.48. The summed E-state index contributed by atoms with van der Waals surface area (Å²) in [5.74, 6) is 0.988. The van der Waals surface area contributed by atoms with Gasteiger partial charge in [0, 0.05) is 19.2 Å². The van der Waals surface area contributed by atoms with Crippen molar-refractivity contribution in [1.82, 2.24) is 19.3 Å². The fraction of sp³-hybridized carbons (Fsp3) is 0.429. The molecule has 0 spiro atoms. The third kappa shape index (κ3) is 2.72. The summed E-state index contributed by atoms with van der Waals surface area (Å²) in [4.78, 5) is 28.3. The van der Waals surface area contributed by atoms with Crippen LogP contribution in [0, 0.1) is 6.92 Å². The van der Waals surface area contributed by atoms with E-state index in [0.29, 0.717) is 12.4 Å². The molecule has 7 heteroatoms. The van der Waals surface area contributed by atoms with Crippen molar-refractivity contribution in [3.05, 3.63) is 40.2 Å². The van der Waals surface area contributed by atoms with Crippen molar-refractivity contribution < 1.29 is 4.79 Å². The summed E-state index contributed by atoms with van der Waals surface area (Å²) in [6, 6.07) is 3.67. The smallest absolute Gasteiger partial charge is 0.309 e. The molecule has 1 aliphatic rings. The lowest BCUT2D eigenvalue weighted by Gasteiger charge is -2.09. The van der Waals surface area contributed by atoms with Crippen LogP contribution in [0.2, 0.25) is 0 Å². The molecule has 110 valence electrons. The summed E-state index contributed by atoms with van der Waals surface area (Å²) in [5.41, 5.74) is 0.667. The van der Waals surface area contributed by atoms with Crippen molar-refractivity contribution in [1.29, 1.82) is 0 Å². The highest BCUT2D eigenvalue weighted by molar-refractivity contribution is 5.90. The minimum atomic E-state index is -0.297. The molecule has 0 saturated carbocycles. The lowest BCUT2D eigenvalue weighted by molar-refractivity contribution is -0.117. The molecule has 1 aliphatic heterocycles. The molecule has 1 amide bonds. The minimum Gasteiger partial charge on any atom is -0.309 e. The van der Waals surface area contributed by atoms with Gasteiger partial charge in [0.2, 0.25) is 5.91 Å². The van der Waals surface area contributed by atoms with Crippen LogP contribution in [0.15, 0.2) is 23.1 Å². The van der Waals surface area contributed by atoms with Crippen molar-refractivity contribution in [3.63, 3.8) is 0 Å². The first-order chi connectivity index (χ1) is 10.1. The molecule has 0 aliphatic carbocycles. The van der Waals surface area contributed by atoms with Crippen LogP contribution < -0.4 is 11.0 Å². The van der Waals surface area contributed by atoms with Crippen LogP contribution in [-0.4, -0.2) is 25.2 Å². The molecule has 3 heterocycles. The lowest BCUT2D eigenvalue weighted by Crippen LogP contribution is -2.31. The van der Waals surface area contributed by atoms with E-state index >= 15 is 0 Å². The highest BCUT2D eigenvalue weighted by atomic mass is 16.2. The number of hydrogen-bond donors (Lipinski definition) is 1. The molecule has 7 nitrogen and oxygen atoms in total. The van der Waals surface area contributed by atoms with Crippen LogP contribution in [0.3, 0.4) is 0 Å². The normalized spacial score (nSPS) is 13.8. The van der Waals surface area contributed by atoms with Gasteiger partial charge in [-0.05, 0) is 31.4 Å². The van der Waals surface area contributed by atoms with Gasteiger partial charge in [0.25, 0.3) is 0 Å². The third-order valence-electron chi connectivity index (χ3n) is 3.59. The molecule has 0 atom stereocenters. The Morgan fingerprint density at radius 2 is 2.29 bits per heavy atom. The van der Waals surface area contributed by atoms with E-state index in [1.54, 1.807) is 16.8 Å². The van der Waals surface area contributed by atoms with Gasteiger partial charge in [-0.1, -0.05) is 6.07 Å². The first-order valence-corrected chi connectivity index (χ1v) is 7.03. The van der Waals surface area contributed by atoms with E-state index in [0.717, 1.165) is 30.7 Å². The summed E-state index contributed by atoms with van der Waals surface area (Å²) in [7, 11) is 0. The Bertz CT molecular complexity index is 731. The predicted molar refractivity (Wildman–Crippen MR) is 77.0 cm³/mol. The van der Waals surface area contributed by atoms with Crippen molar-refractivity contribution in [2.24, 2.45) is 0 Å². The van der Waals surface area contributed by atoms with E-state index in [1.165, 1.54) is 4.68 Å². The molecule has 1 N–H and O–H groups in total. The Hall–Kier alpha value is -2.44. The molecular weight excluding hydrogens is 270 g/mol. The quantitative estimate of drug-likeness (QED) is 0.902. The van der Waals surface area contributed by atoms with Crippen LogP contribution in [0.4, 0.5) is 5.82 Å². The van der Waals surface area contributed by atoms with Crippen molar-refractivity contribution in [3.8, 4) is 0 Å². The topological polar surface area (TPSA) is 81.8 Å². The minimum absolute atomic E-state index is 0.0884. The molecule has 2 aromatic rings. The first-order valence-electron chi connectivity index (χ1n) is 7.03. The van der Waals surface area contributed by atoms with Gasteiger partial charge in [-0.3, -0.25) is 9.36 Å². The number of hydrogen-bond acceptors (Lipinski definition) is 4. The van der Waals surface area contributed by atoms with Gasteiger partial charge in [0.05, 0.1) is 0 Å². The number of nitrogens with zero attached hydrogens (tertiary/aromatic N) is 4. The largest absolute Gasteiger partial charge is 0.346 e. The monoisotopic (exact) mass is 287 g/mol. The van der Waals surface area contributed by atoms with Gasteiger partial charge in [-0.25, -0.2) is 14.5 Å². The van der Waals surface area contributed by atoms with Crippen molar-refractivity contribution in [2.75, 3.05) is 5.32 Å². The number of anilines is 1. The van der Waals surface area contributed by atoms with Gasteiger partial charge in [0.1, 0.15) is 18.2 Å². The Morgan fingerprint density at radius 1 is 1.43 bits per heavy atom. The zero-order chi connectivity index (χ0) is 14.8. The first kappa shape index (κ1) is 13.5. The zero-order valence-corrected chi connectivity index (χ0v) is 11.9. The van der Waals surface area contributed by atoms with Crippen LogP contribution >= 0.6 is 0 Å². The van der Waals surface area contributed by atoms with E-state index in [9.17, 15) is 9.59 Å².